The summed E-state index contributed by atoms with van der Waals surface area (Å²) in [6, 6.07) is 0. The summed E-state index contributed by atoms with van der Waals surface area (Å²) in [7, 11) is 0. The second-order valence-corrected chi connectivity index (χ2v) is 4.46. The first kappa shape index (κ1) is 9.01. The van der Waals surface area contributed by atoms with Gasteiger partial charge in [0.05, 0.1) is 6.61 Å². The fourth-order valence-electron chi connectivity index (χ4n) is 3.13. The lowest BCUT2D eigenvalue weighted by Gasteiger charge is -2.11. The Hall–Kier alpha value is -1.25. The molecular formula is C12H15NO2. The molecule has 1 heterocycles. The summed E-state index contributed by atoms with van der Waals surface area (Å²) in [5, 5.41) is 0. The first-order chi connectivity index (χ1) is 7.31. The quantitative estimate of drug-likeness (QED) is 0.754. The monoisotopic (exact) mass is 205 g/mol. The SMILES string of the molecule is CCOC(=O)c1[nH]cc2c1C1CCC2C1. The van der Waals surface area contributed by atoms with Crippen LogP contribution in [0.15, 0.2) is 6.20 Å². The summed E-state index contributed by atoms with van der Waals surface area (Å²) in [6.45, 7) is 2.29. The Balaban J connectivity index is 1.99. The largest absolute Gasteiger partial charge is 0.461 e. The van der Waals surface area contributed by atoms with Crippen molar-refractivity contribution in [3.8, 4) is 0 Å². The van der Waals surface area contributed by atoms with E-state index in [1.54, 1.807) is 0 Å². The van der Waals surface area contributed by atoms with Crippen molar-refractivity contribution in [1.82, 2.24) is 4.98 Å². The third kappa shape index (κ3) is 1.15. The second-order valence-electron chi connectivity index (χ2n) is 4.46. The number of fused-ring (bicyclic) bond motifs is 5. The van der Waals surface area contributed by atoms with E-state index in [4.69, 9.17) is 4.74 Å². The molecule has 0 spiro atoms. The Morgan fingerprint density at radius 2 is 2.33 bits per heavy atom. The molecule has 2 unspecified atom stereocenters. The Kier molecular flexibility index (Phi) is 1.87. The molecular weight excluding hydrogens is 190 g/mol. The third-order valence-electron chi connectivity index (χ3n) is 3.71. The standard InChI is InChI=1S/C12H15NO2/c1-2-15-12(14)11-10-8-4-3-7(5-8)9(10)6-13-11/h6-8,13H,2-5H2,1H3. The molecule has 3 nitrogen and oxygen atoms in total. The number of hydrogen-bond acceptors (Lipinski definition) is 2. The molecule has 2 aliphatic carbocycles. The van der Waals surface area contributed by atoms with Gasteiger partial charge in [-0.05, 0) is 49.1 Å². The van der Waals surface area contributed by atoms with Crippen LogP contribution in [-0.4, -0.2) is 17.6 Å². The van der Waals surface area contributed by atoms with Crippen molar-refractivity contribution < 1.29 is 9.53 Å². The number of H-pyrrole nitrogens is 1. The number of aromatic nitrogens is 1. The number of carbonyl (C=O) groups is 1. The average molecular weight is 205 g/mol. The first-order valence-electron chi connectivity index (χ1n) is 5.69. The molecule has 3 heteroatoms. The molecule has 3 rings (SSSR count). The lowest BCUT2D eigenvalue weighted by atomic mass is 9.94. The van der Waals surface area contributed by atoms with Gasteiger partial charge in [-0.2, -0.15) is 0 Å². The maximum absolute atomic E-state index is 11.7. The molecule has 1 aromatic rings. The van der Waals surface area contributed by atoms with Crippen LogP contribution in [0.4, 0.5) is 0 Å². The van der Waals surface area contributed by atoms with Crippen molar-refractivity contribution in [2.24, 2.45) is 0 Å². The van der Waals surface area contributed by atoms with Crippen molar-refractivity contribution >= 4 is 5.97 Å². The molecule has 2 bridgehead atoms. The van der Waals surface area contributed by atoms with E-state index < -0.39 is 0 Å². The minimum Gasteiger partial charge on any atom is -0.461 e. The Morgan fingerprint density at radius 3 is 3.13 bits per heavy atom. The molecule has 80 valence electrons. The van der Waals surface area contributed by atoms with Gasteiger partial charge in [-0.15, -0.1) is 0 Å². The van der Waals surface area contributed by atoms with Gasteiger partial charge in [0.2, 0.25) is 0 Å². The van der Waals surface area contributed by atoms with Crippen LogP contribution in [-0.2, 0) is 4.74 Å². The fraction of sp³-hybridized carbons (Fsp3) is 0.583. The van der Waals surface area contributed by atoms with E-state index >= 15 is 0 Å². The molecule has 0 radical (unpaired) electrons. The van der Waals surface area contributed by atoms with Crippen molar-refractivity contribution in [3.05, 3.63) is 23.0 Å². The van der Waals surface area contributed by atoms with E-state index in [2.05, 4.69) is 4.98 Å². The number of rotatable bonds is 2. The van der Waals surface area contributed by atoms with Crippen molar-refractivity contribution in [2.45, 2.75) is 38.0 Å². The fourth-order valence-corrected chi connectivity index (χ4v) is 3.13. The van der Waals surface area contributed by atoms with Gasteiger partial charge in [0.1, 0.15) is 5.69 Å². The maximum Gasteiger partial charge on any atom is 0.355 e. The number of aromatic amines is 1. The minimum atomic E-state index is -0.189. The van der Waals surface area contributed by atoms with Crippen LogP contribution in [0.2, 0.25) is 0 Å². The number of nitrogens with one attached hydrogen (secondary N) is 1. The predicted octanol–water partition coefficient (Wildman–Crippen LogP) is 2.56. The van der Waals surface area contributed by atoms with E-state index in [0.717, 1.165) is 0 Å². The highest BCUT2D eigenvalue weighted by molar-refractivity contribution is 5.90. The molecule has 2 atom stereocenters. The Morgan fingerprint density at radius 1 is 1.53 bits per heavy atom. The average Bonchev–Trinajstić information content (AvgIpc) is 2.90. The summed E-state index contributed by atoms with van der Waals surface area (Å²) in [4.78, 5) is 14.8. The minimum absolute atomic E-state index is 0.189. The number of ether oxygens (including phenoxy) is 1. The predicted molar refractivity (Wildman–Crippen MR) is 56.1 cm³/mol. The highest BCUT2D eigenvalue weighted by Gasteiger charge is 2.40. The lowest BCUT2D eigenvalue weighted by Crippen LogP contribution is -2.09. The summed E-state index contributed by atoms with van der Waals surface area (Å²) in [5.74, 6) is 1.12. The lowest BCUT2D eigenvalue weighted by molar-refractivity contribution is 0.0518. The highest BCUT2D eigenvalue weighted by Crippen LogP contribution is 2.54. The smallest absolute Gasteiger partial charge is 0.355 e. The molecule has 1 aromatic heterocycles. The van der Waals surface area contributed by atoms with Crippen LogP contribution >= 0.6 is 0 Å². The van der Waals surface area contributed by atoms with Gasteiger partial charge >= 0.3 is 5.97 Å². The molecule has 0 aromatic carbocycles. The van der Waals surface area contributed by atoms with Gasteiger partial charge in [0.25, 0.3) is 0 Å². The van der Waals surface area contributed by atoms with Crippen molar-refractivity contribution in [2.75, 3.05) is 6.61 Å². The topological polar surface area (TPSA) is 42.1 Å². The van der Waals surface area contributed by atoms with Gasteiger partial charge in [-0.3, -0.25) is 0 Å². The molecule has 15 heavy (non-hydrogen) atoms. The van der Waals surface area contributed by atoms with Crippen molar-refractivity contribution in [3.63, 3.8) is 0 Å². The summed E-state index contributed by atoms with van der Waals surface area (Å²) in [5.41, 5.74) is 3.33. The zero-order valence-electron chi connectivity index (χ0n) is 8.88. The molecule has 0 aliphatic heterocycles. The molecule has 1 saturated carbocycles. The van der Waals surface area contributed by atoms with E-state index in [-0.39, 0.29) is 5.97 Å². The Bertz CT molecular complexity index is 408. The van der Waals surface area contributed by atoms with E-state index in [9.17, 15) is 4.79 Å². The normalized spacial score (nSPS) is 26.7. The van der Waals surface area contributed by atoms with Crippen LogP contribution in [0.1, 0.15) is 59.6 Å². The zero-order chi connectivity index (χ0) is 10.4. The van der Waals surface area contributed by atoms with Crippen LogP contribution in [0.5, 0.6) is 0 Å². The molecule has 1 N–H and O–H groups in total. The second kappa shape index (κ2) is 3.12. The van der Waals surface area contributed by atoms with Crippen molar-refractivity contribution in [1.29, 1.82) is 0 Å². The molecule has 2 aliphatic rings. The van der Waals surface area contributed by atoms with Gasteiger partial charge in [-0.25, -0.2) is 4.79 Å². The molecule has 0 saturated heterocycles. The van der Waals surface area contributed by atoms with Gasteiger partial charge in [0, 0.05) is 6.20 Å². The van der Waals surface area contributed by atoms with Crippen LogP contribution < -0.4 is 0 Å². The van der Waals surface area contributed by atoms with Crippen LogP contribution in [0.3, 0.4) is 0 Å². The van der Waals surface area contributed by atoms with Crippen LogP contribution in [0.25, 0.3) is 0 Å². The first-order valence-corrected chi connectivity index (χ1v) is 5.69. The summed E-state index contributed by atoms with van der Waals surface area (Å²) < 4.78 is 5.05. The van der Waals surface area contributed by atoms with E-state index in [1.165, 1.54) is 30.4 Å². The number of esters is 1. The van der Waals surface area contributed by atoms with Gasteiger partial charge in [-0.1, -0.05) is 0 Å². The highest BCUT2D eigenvalue weighted by atomic mass is 16.5. The summed E-state index contributed by atoms with van der Waals surface area (Å²) >= 11 is 0. The third-order valence-corrected chi connectivity index (χ3v) is 3.71. The number of carbonyl (C=O) groups excluding carboxylic acids is 1. The number of hydrogen-bond donors (Lipinski definition) is 1. The maximum atomic E-state index is 11.7. The molecule has 0 amide bonds. The Labute approximate surface area is 88.8 Å². The molecule has 1 fully saturated rings. The van der Waals surface area contributed by atoms with Gasteiger partial charge < -0.3 is 9.72 Å². The van der Waals surface area contributed by atoms with E-state index in [1.807, 2.05) is 13.1 Å². The van der Waals surface area contributed by atoms with Gasteiger partial charge in [0.15, 0.2) is 0 Å². The zero-order valence-corrected chi connectivity index (χ0v) is 8.88. The summed E-state index contributed by atoms with van der Waals surface area (Å²) in [6.07, 6.45) is 5.77. The van der Waals surface area contributed by atoms with Crippen LogP contribution in [0, 0.1) is 0 Å². The van der Waals surface area contributed by atoms with E-state index in [0.29, 0.717) is 24.1 Å².